The fraction of sp³-hybridized carbons (Fsp3) is 0.375. The summed E-state index contributed by atoms with van der Waals surface area (Å²) < 4.78 is 43.5. The molecular weight excluding hydrogens is 457 g/mol. The van der Waals surface area contributed by atoms with E-state index in [9.17, 15) is 13.2 Å². The number of rotatable bonds is 6. The number of pyridine rings is 1. The van der Waals surface area contributed by atoms with Crippen LogP contribution in [0.15, 0.2) is 30.7 Å². The largest absolute Gasteiger partial charge is 0.419 e. The van der Waals surface area contributed by atoms with Crippen molar-refractivity contribution in [1.82, 2.24) is 34.5 Å². The minimum atomic E-state index is -4.49. The van der Waals surface area contributed by atoms with Gasteiger partial charge in [0.05, 0.1) is 22.6 Å². The van der Waals surface area contributed by atoms with Crippen LogP contribution in [0.3, 0.4) is 0 Å². The Labute approximate surface area is 200 Å². The summed E-state index contributed by atoms with van der Waals surface area (Å²) >= 11 is 0. The minimum Gasteiger partial charge on any atom is -0.325 e. The van der Waals surface area contributed by atoms with Crippen molar-refractivity contribution in [2.24, 2.45) is 5.92 Å². The van der Waals surface area contributed by atoms with Crippen LogP contribution in [-0.2, 0) is 12.7 Å². The molecule has 0 saturated heterocycles. The molecule has 0 aromatic carbocycles. The molecule has 1 aliphatic rings. The summed E-state index contributed by atoms with van der Waals surface area (Å²) in [6.07, 6.45) is 0.949. The molecule has 1 fully saturated rings. The molecule has 1 N–H and O–H groups in total. The van der Waals surface area contributed by atoms with Crippen LogP contribution < -0.4 is 5.32 Å². The number of aromatic nitrogens is 7. The standard InChI is InChI=1S/C24H25F3N8/c1-13-5-8-18(10-28-13)22-14(2)23(34(33-22)11-17-6-7-17)31-19-9-20(30-12-29-19)35-16(4)21(15(3)32-35)24(25,26)27/h5,8-10,12,17H,6-7,11H2,1-4H3,(H,29,30,31). The van der Waals surface area contributed by atoms with E-state index < -0.39 is 11.7 Å². The van der Waals surface area contributed by atoms with Crippen molar-refractivity contribution in [3.8, 4) is 17.1 Å². The molecule has 1 aliphatic carbocycles. The fourth-order valence-electron chi connectivity index (χ4n) is 4.20. The van der Waals surface area contributed by atoms with E-state index in [4.69, 9.17) is 5.10 Å². The highest BCUT2D eigenvalue weighted by Crippen LogP contribution is 2.36. The first-order valence-electron chi connectivity index (χ1n) is 11.3. The van der Waals surface area contributed by atoms with Crippen molar-refractivity contribution in [2.75, 3.05) is 5.32 Å². The number of hydrogen-bond donors (Lipinski definition) is 1. The van der Waals surface area contributed by atoms with Crippen LogP contribution in [0.25, 0.3) is 17.1 Å². The maximum absolute atomic E-state index is 13.5. The number of nitrogens with one attached hydrogen (secondary N) is 1. The second kappa shape index (κ2) is 8.47. The van der Waals surface area contributed by atoms with Gasteiger partial charge in [0.2, 0.25) is 0 Å². The highest BCUT2D eigenvalue weighted by Gasteiger charge is 2.37. The molecule has 182 valence electrons. The Morgan fingerprint density at radius 1 is 1.03 bits per heavy atom. The third-order valence-corrected chi connectivity index (χ3v) is 6.19. The number of alkyl halides is 3. The van der Waals surface area contributed by atoms with Crippen LogP contribution in [0, 0.1) is 33.6 Å². The summed E-state index contributed by atoms with van der Waals surface area (Å²) in [6.45, 7) is 7.41. The number of nitrogens with zero attached hydrogens (tertiary/aromatic N) is 7. The van der Waals surface area contributed by atoms with Crippen molar-refractivity contribution in [2.45, 2.75) is 53.3 Å². The second-order valence-corrected chi connectivity index (χ2v) is 8.98. The third kappa shape index (κ3) is 4.50. The second-order valence-electron chi connectivity index (χ2n) is 8.98. The van der Waals surface area contributed by atoms with Crippen LogP contribution in [0.4, 0.5) is 24.8 Å². The Morgan fingerprint density at radius 3 is 2.43 bits per heavy atom. The van der Waals surface area contributed by atoms with Gasteiger partial charge in [-0.2, -0.15) is 23.4 Å². The van der Waals surface area contributed by atoms with Crippen molar-refractivity contribution >= 4 is 11.6 Å². The van der Waals surface area contributed by atoms with Gasteiger partial charge >= 0.3 is 6.18 Å². The van der Waals surface area contributed by atoms with Gasteiger partial charge in [-0.25, -0.2) is 19.3 Å². The molecule has 0 radical (unpaired) electrons. The van der Waals surface area contributed by atoms with Crippen molar-refractivity contribution < 1.29 is 13.2 Å². The van der Waals surface area contributed by atoms with Gasteiger partial charge in [-0.05, 0) is 58.6 Å². The van der Waals surface area contributed by atoms with Crippen LogP contribution in [-0.4, -0.2) is 34.5 Å². The van der Waals surface area contributed by atoms with Crippen LogP contribution in [0.2, 0.25) is 0 Å². The van der Waals surface area contributed by atoms with Gasteiger partial charge in [0.25, 0.3) is 0 Å². The van der Waals surface area contributed by atoms with E-state index in [0.29, 0.717) is 11.7 Å². The average Bonchev–Trinajstić information content (AvgIpc) is 3.49. The first-order chi connectivity index (χ1) is 16.6. The monoisotopic (exact) mass is 482 g/mol. The van der Waals surface area contributed by atoms with E-state index in [1.807, 2.05) is 30.7 Å². The third-order valence-electron chi connectivity index (χ3n) is 6.19. The number of anilines is 2. The molecule has 4 aromatic heterocycles. The Morgan fingerprint density at radius 2 is 1.80 bits per heavy atom. The van der Waals surface area contributed by atoms with E-state index in [1.54, 1.807) is 12.3 Å². The Bertz CT molecular complexity index is 1380. The van der Waals surface area contributed by atoms with Gasteiger partial charge in [-0.3, -0.25) is 4.98 Å². The van der Waals surface area contributed by atoms with E-state index in [-0.39, 0.29) is 17.2 Å². The maximum Gasteiger partial charge on any atom is 0.419 e. The number of hydrogen-bond acceptors (Lipinski definition) is 6. The van der Waals surface area contributed by atoms with Crippen LogP contribution in [0.5, 0.6) is 0 Å². The molecule has 0 spiro atoms. The first-order valence-corrected chi connectivity index (χ1v) is 11.3. The molecule has 1 saturated carbocycles. The van der Waals surface area contributed by atoms with Crippen molar-refractivity contribution in [3.63, 3.8) is 0 Å². The summed E-state index contributed by atoms with van der Waals surface area (Å²) in [7, 11) is 0. The zero-order chi connectivity index (χ0) is 24.9. The Kier molecular flexibility index (Phi) is 5.57. The summed E-state index contributed by atoms with van der Waals surface area (Å²) in [5.74, 6) is 2.04. The van der Waals surface area contributed by atoms with Gasteiger partial charge in [-0.15, -0.1) is 0 Å². The average molecular weight is 483 g/mol. The molecular formula is C24H25F3N8. The predicted octanol–water partition coefficient (Wildman–Crippen LogP) is 5.33. The highest BCUT2D eigenvalue weighted by molar-refractivity contribution is 5.71. The lowest BCUT2D eigenvalue weighted by molar-refractivity contribution is -0.138. The zero-order valence-corrected chi connectivity index (χ0v) is 19.8. The summed E-state index contributed by atoms with van der Waals surface area (Å²) in [5.41, 5.74) is 2.72. The van der Waals surface area contributed by atoms with E-state index in [0.717, 1.165) is 47.7 Å². The van der Waals surface area contributed by atoms with Gasteiger partial charge in [-0.1, -0.05) is 0 Å². The molecule has 0 bridgehead atoms. The fourth-order valence-corrected chi connectivity index (χ4v) is 4.20. The molecule has 5 rings (SSSR count). The first kappa shape index (κ1) is 23.0. The van der Waals surface area contributed by atoms with Crippen LogP contribution in [0.1, 0.15) is 41.1 Å². The highest BCUT2D eigenvalue weighted by atomic mass is 19.4. The SMILES string of the molecule is Cc1ccc(-c2nn(CC3CC3)c(Nc3cc(-n4nc(C)c(C(F)(F)F)c4C)ncn3)c2C)cn1. The summed E-state index contributed by atoms with van der Waals surface area (Å²) in [6, 6.07) is 5.52. The van der Waals surface area contributed by atoms with Gasteiger partial charge in [0, 0.05) is 35.6 Å². The normalized spacial score (nSPS) is 13.9. The maximum atomic E-state index is 13.5. The lowest BCUT2D eigenvalue weighted by Crippen LogP contribution is -2.10. The predicted molar refractivity (Wildman–Crippen MR) is 125 cm³/mol. The number of aryl methyl sites for hydroxylation is 2. The molecule has 0 aliphatic heterocycles. The molecule has 11 heteroatoms. The van der Waals surface area contributed by atoms with Crippen molar-refractivity contribution in [1.29, 1.82) is 0 Å². The molecule has 8 nitrogen and oxygen atoms in total. The topological polar surface area (TPSA) is 86.3 Å². The van der Waals surface area contributed by atoms with E-state index in [2.05, 4.69) is 25.4 Å². The van der Waals surface area contributed by atoms with Gasteiger partial charge in [0.1, 0.15) is 18.0 Å². The smallest absolute Gasteiger partial charge is 0.325 e. The van der Waals surface area contributed by atoms with E-state index in [1.165, 1.54) is 24.9 Å². The van der Waals surface area contributed by atoms with Gasteiger partial charge in [0.15, 0.2) is 5.82 Å². The molecule has 0 unspecified atom stereocenters. The zero-order valence-electron chi connectivity index (χ0n) is 19.8. The molecule has 0 atom stereocenters. The number of halogens is 3. The summed E-state index contributed by atoms with van der Waals surface area (Å²) in [4.78, 5) is 12.9. The Hall–Kier alpha value is -3.76. The lowest BCUT2D eigenvalue weighted by atomic mass is 10.1. The minimum absolute atomic E-state index is 0.0243. The molecule has 4 heterocycles. The van der Waals surface area contributed by atoms with E-state index >= 15 is 0 Å². The molecule has 4 aromatic rings. The molecule has 0 amide bonds. The lowest BCUT2D eigenvalue weighted by Gasteiger charge is -2.11. The quantitative estimate of drug-likeness (QED) is 0.400. The van der Waals surface area contributed by atoms with Crippen LogP contribution >= 0.6 is 0 Å². The molecule has 35 heavy (non-hydrogen) atoms. The van der Waals surface area contributed by atoms with Crippen molar-refractivity contribution in [3.05, 3.63) is 58.9 Å². The summed E-state index contributed by atoms with van der Waals surface area (Å²) in [5, 5.41) is 12.3. The Balaban J connectivity index is 1.51. The van der Waals surface area contributed by atoms with Gasteiger partial charge < -0.3 is 5.32 Å².